The third kappa shape index (κ3) is 2.88. The van der Waals surface area contributed by atoms with Gasteiger partial charge in [-0.3, -0.25) is 9.59 Å². The molecule has 1 rings (SSSR count). The first kappa shape index (κ1) is 12.4. The van der Waals surface area contributed by atoms with Crippen molar-refractivity contribution in [2.75, 3.05) is 6.54 Å². The highest BCUT2D eigenvalue weighted by molar-refractivity contribution is 5.93. The number of hydrogen-bond donors (Lipinski definition) is 1. The lowest BCUT2D eigenvalue weighted by molar-refractivity contribution is -0.121. The predicted molar refractivity (Wildman–Crippen MR) is 58.1 cm³/mol. The number of rotatable bonds is 5. The summed E-state index contributed by atoms with van der Waals surface area (Å²) >= 11 is 0. The van der Waals surface area contributed by atoms with Crippen molar-refractivity contribution in [1.82, 2.24) is 20.3 Å². The van der Waals surface area contributed by atoms with Crippen LogP contribution < -0.4 is 5.32 Å². The second kappa shape index (κ2) is 5.39. The summed E-state index contributed by atoms with van der Waals surface area (Å²) in [5, 5.41) is 10.2. The molecule has 0 saturated carbocycles. The largest absolute Gasteiger partial charge is 0.355 e. The summed E-state index contributed by atoms with van der Waals surface area (Å²) in [7, 11) is 0. The quantitative estimate of drug-likeness (QED) is 0.730. The van der Waals surface area contributed by atoms with Gasteiger partial charge in [-0.05, 0) is 13.3 Å². The van der Waals surface area contributed by atoms with Crippen LogP contribution in [0, 0.1) is 6.92 Å². The first-order valence-electron chi connectivity index (χ1n) is 5.24. The number of ketones is 1. The molecule has 0 aliphatic heterocycles. The normalized spacial score (nSPS) is 10.2. The van der Waals surface area contributed by atoms with Gasteiger partial charge < -0.3 is 5.32 Å². The second-order valence-electron chi connectivity index (χ2n) is 3.59. The van der Waals surface area contributed by atoms with E-state index in [4.69, 9.17) is 0 Å². The molecule has 0 aromatic carbocycles. The summed E-state index contributed by atoms with van der Waals surface area (Å²) in [6.07, 6.45) is 0.890. The van der Waals surface area contributed by atoms with E-state index in [2.05, 4.69) is 15.6 Å². The van der Waals surface area contributed by atoms with Gasteiger partial charge in [0.15, 0.2) is 11.5 Å². The summed E-state index contributed by atoms with van der Waals surface area (Å²) < 4.78 is 1.43. The average Bonchev–Trinajstić information content (AvgIpc) is 2.57. The van der Waals surface area contributed by atoms with Crippen molar-refractivity contribution in [3.63, 3.8) is 0 Å². The topological polar surface area (TPSA) is 76.9 Å². The van der Waals surface area contributed by atoms with Crippen LogP contribution in [0.15, 0.2) is 0 Å². The van der Waals surface area contributed by atoms with E-state index in [1.165, 1.54) is 11.6 Å². The Bertz CT molecular complexity index is 398. The molecular formula is C10H16N4O2. The third-order valence-corrected chi connectivity index (χ3v) is 2.18. The fourth-order valence-electron chi connectivity index (χ4n) is 1.29. The maximum Gasteiger partial charge on any atom is 0.241 e. The van der Waals surface area contributed by atoms with Crippen LogP contribution in [0.4, 0.5) is 0 Å². The summed E-state index contributed by atoms with van der Waals surface area (Å²) in [6.45, 7) is 5.88. The predicted octanol–water partition coefficient (Wildman–Crippen LogP) is 0.315. The number of nitrogens with zero attached hydrogens (tertiary/aromatic N) is 3. The van der Waals surface area contributed by atoms with Crippen molar-refractivity contribution >= 4 is 11.7 Å². The minimum atomic E-state index is -0.141. The van der Waals surface area contributed by atoms with Gasteiger partial charge in [0, 0.05) is 13.5 Å². The van der Waals surface area contributed by atoms with E-state index in [-0.39, 0.29) is 18.2 Å². The lowest BCUT2D eigenvalue weighted by Crippen LogP contribution is -2.29. The fraction of sp³-hybridized carbons (Fsp3) is 0.600. The summed E-state index contributed by atoms with van der Waals surface area (Å²) in [4.78, 5) is 22.5. The van der Waals surface area contributed by atoms with Crippen molar-refractivity contribution in [3.05, 3.63) is 11.4 Å². The maximum atomic E-state index is 11.4. The van der Waals surface area contributed by atoms with Gasteiger partial charge >= 0.3 is 0 Å². The van der Waals surface area contributed by atoms with Crippen molar-refractivity contribution in [2.24, 2.45) is 0 Å². The molecule has 1 aromatic rings. The summed E-state index contributed by atoms with van der Waals surface area (Å²) in [6, 6.07) is 0. The molecular weight excluding hydrogens is 208 g/mol. The van der Waals surface area contributed by atoms with Crippen LogP contribution in [0.2, 0.25) is 0 Å². The Hall–Kier alpha value is -1.72. The molecule has 0 bridgehead atoms. The molecule has 0 radical (unpaired) electrons. The third-order valence-electron chi connectivity index (χ3n) is 2.18. The lowest BCUT2D eigenvalue weighted by atomic mass is 10.2. The van der Waals surface area contributed by atoms with Crippen LogP contribution in [0.3, 0.4) is 0 Å². The zero-order valence-corrected chi connectivity index (χ0v) is 9.78. The first-order chi connectivity index (χ1) is 7.56. The Kier molecular flexibility index (Phi) is 4.16. The van der Waals surface area contributed by atoms with E-state index >= 15 is 0 Å². The summed E-state index contributed by atoms with van der Waals surface area (Å²) in [5.41, 5.74) is 0.947. The molecule has 0 unspecified atom stereocenters. The molecule has 88 valence electrons. The molecule has 16 heavy (non-hydrogen) atoms. The van der Waals surface area contributed by atoms with Crippen molar-refractivity contribution in [3.8, 4) is 0 Å². The first-order valence-corrected chi connectivity index (χ1v) is 5.24. The monoisotopic (exact) mass is 224 g/mol. The number of nitrogens with one attached hydrogen (secondary N) is 1. The Morgan fingerprint density at radius 2 is 2.12 bits per heavy atom. The van der Waals surface area contributed by atoms with E-state index in [9.17, 15) is 9.59 Å². The van der Waals surface area contributed by atoms with Crippen LogP contribution in [0.5, 0.6) is 0 Å². The molecule has 1 N–H and O–H groups in total. The molecule has 0 aliphatic carbocycles. The molecule has 1 aromatic heterocycles. The van der Waals surface area contributed by atoms with Gasteiger partial charge in [-0.15, -0.1) is 5.10 Å². The van der Waals surface area contributed by atoms with E-state index in [1.807, 2.05) is 6.92 Å². The van der Waals surface area contributed by atoms with Crippen molar-refractivity contribution in [1.29, 1.82) is 0 Å². The Balaban J connectivity index is 2.68. The van der Waals surface area contributed by atoms with Crippen LogP contribution in [0.1, 0.15) is 36.5 Å². The van der Waals surface area contributed by atoms with Gasteiger partial charge in [-0.25, -0.2) is 4.68 Å². The van der Waals surface area contributed by atoms with Gasteiger partial charge in [-0.2, -0.15) is 0 Å². The highest BCUT2D eigenvalue weighted by atomic mass is 16.2. The number of carbonyl (C=O) groups excluding carboxylic acids is 2. The highest BCUT2D eigenvalue weighted by Gasteiger charge is 2.13. The minimum absolute atomic E-state index is 0.103. The number of hydrogen-bond acceptors (Lipinski definition) is 4. The Labute approximate surface area is 94.0 Å². The van der Waals surface area contributed by atoms with Gasteiger partial charge in [-0.1, -0.05) is 12.1 Å². The SMILES string of the molecule is CCCNC(=O)Cn1nnc(C(C)=O)c1C. The van der Waals surface area contributed by atoms with Gasteiger partial charge in [0.1, 0.15) is 6.54 Å². The fourth-order valence-corrected chi connectivity index (χ4v) is 1.29. The van der Waals surface area contributed by atoms with Gasteiger partial charge in [0.2, 0.25) is 5.91 Å². The Morgan fingerprint density at radius 1 is 1.44 bits per heavy atom. The van der Waals surface area contributed by atoms with Crippen molar-refractivity contribution < 1.29 is 9.59 Å². The maximum absolute atomic E-state index is 11.4. The van der Waals surface area contributed by atoms with E-state index in [0.29, 0.717) is 17.9 Å². The lowest BCUT2D eigenvalue weighted by Gasteiger charge is -2.04. The standard InChI is InChI=1S/C10H16N4O2/c1-4-5-11-9(16)6-14-7(2)10(8(3)15)12-13-14/h4-6H2,1-3H3,(H,11,16). The van der Waals surface area contributed by atoms with E-state index in [1.54, 1.807) is 6.92 Å². The summed E-state index contributed by atoms with van der Waals surface area (Å²) in [5.74, 6) is -0.261. The van der Waals surface area contributed by atoms with Crippen LogP contribution in [-0.2, 0) is 11.3 Å². The molecule has 0 spiro atoms. The number of aromatic nitrogens is 3. The molecule has 6 heteroatoms. The minimum Gasteiger partial charge on any atom is -0.355 e. The molecule has 0 fully saturated rings. The zero-order chi connectivity index (χ0) is 12.1. The molecule has 0 saturated heterocycles. The number of amides is 1. The smallest absolute Gasteiger partial charge is 0.241 e. The van der Waals surface area contributed by atoms with Crippen molar-refractivity contribution in [2.45, 2.75) is 33.7 Å². The van der Waals surface area contributed by atoms with Crippen LogP contribution >= 0.6 is 0 Å². The molecule has 0 aliphatic rings. The van der Waals surface area contributed by atoms with Crippen LogP contribution in [-0.4, -0.2) is 33.2 Å². The second-order valence-corrected chi connectivity index (χ2v) is 3.59. The molecule has 0 atom stereocenters. The highest BCUT2D eigenvalue weighted by Crippen LogP contribution is 2.03. The van der Waals surface area contributed by atoms with Gasteiger partial charge in [0.25, 0.3) is 0 Å². The van der Waals surface area contributed by atoms with E-state index < -0.39 is 0 Å². The molecule has 1 heterocycles. The molecule has 6 nitrogen and oxygen atoms in total. The number of Topliss-reactive ketones (excluding diaryl/α,β-unsaturated/α-hetero) is 1. The Morgan fingerprint density at radius 3 is 2.62 bits per heavy atom. The van der Waals surface area contributed by atoms with Gasteiger partial charge in [0.05, 0.1) is 5.69 Å². The van der Waals surface area contributed by atoms with E-state index in [0.717, 1.165) is 6.42 Å². The molecule has 1 amide bonds. The van der Waals surface area contributed by atoms with Crippen LogP contribution in [0.25, 0.3) is 0 Å². The number of carbonyl (C=O) groups is 2. The zero-order valence-electron chi connectivity index (χ0n) is 9.78. The average molecular weight is 224 g/mol.